The van der Waals surface area contributed by atoms with Crippen LogP contribution in [0.15, 0.2) is 67.0 Å². The number of aliphatic hydroxyl groups is 1. The minimum absolute atomic E-state index is 0.0600. The highest BCUT2D eigenvalue weighted by Gasteiger charge is 2.29. The number of benzene rings is 2. The van der Waals surface area contributed by atoms with Crippen molar-refractivity contribution < 1.29 is 5.11 Å². The fourth-order valence-corrected chi connectivity index (χ4v) is 3.65. The van der Waals surface area contributed by atoms with E-state index in [2.05, 4.69) is 44.9 Å². The highest BCUT2D eigenvalue weighted by atomic mass is 16.3. The Labute approximate surface area is 153 Å². The highest BCUT2D eigenvalue weighted by molar-refractivity contribution is 5.58. The molecule has 5 nitrogen and oxygen atoms in total. The molecule has 0 fully saturated rings. The van der Waals surface area contributed by atoms with Crippen LogP contribution >= 0.6 is 0 Å². The van der Waals surface area contributed by atoms with E-state index in [1.165, 1.54) is 17.5 Å². The van der Waals surface area contributed by atoms with Gasteiger partial charge in [0.2, 0.25) is 0 Å². The normalized spacial score (nSPS) is 16.7. The van der Waals surface area contributed by atoms with E-state index < -0.39 is 0 Å². The number of aliphatic hydroxyl groups excluding tert-OH is 1. The van der Waals surface area contributed by atoms with Crippen molar-refractivity contribution in [3.63, 3.8) is 0 Å². The van der Waals surface area contributed by atoms with Gasteiger partial charge in [0, 0.05) is 17.7 Å². The molecule has 0 amide bonds. The number of hydrogen-bond donors (Lipinski definition) is 3. The Morgan fingerprint density at radius 1 is 1.00 bits per heavy atom. The van der Waals surface area contributed by atoms with Gasteiger partial charge in [-0.25, -0.2) is 9.97 Å². The Balaban J connectivity index is 1.50. The lowest BCUT2D eigenvalue weighted by Crippen LogP contribution is -2.30. The molecule has 3 N–H and O–H groups in total. The van der Waals surface area contributed by atoms with E-state index in [0.29, 0.717) is 5.82 Å². The van der Waals surface area contributed by atoms with Crippen molar-refractivity contribution in [3.05, 3.63) is 78.1 Å². The van der Waals surface area contributed by atoms with Gasteiger partial charge >= 0.3 is 0 Å². The molecule has 0 aliphatic heterocycles. The summed E-state index contributed by atoms with van der Waals surface area (Å²) < 4.78 is 0. The lowest BCUT2D eigenvalue weighted by Gasteiger charge is -2.24. The van der Waals surface area contributed by atoms with Gasteiger partial charge in [-0.15, -0.1) is 0 Å². The number of aryl methyl sites for hydroxylation is 1. The summed E-state index contributed by atoms with van der Waals surface area (Å²) in [6.07, 6.45) is 3.63. The van der Waals surface area contributed by atoms with Crippen molar-refractivity contribution in [1.29, 1.82) is 0 Å². The fraction of sp³-hybridized carbons (Fsp3) is 0.238. The van der Waals surface area contributed by atoms with Gasteiger partial charge in [-0.2, -0.15) is 0 Å². The monoisotopic (exact) mass is 346 g/mol. The van der Waals surface area contributed by atoms with Crippen LogP contribution < -0.4 is 10.6 Å². The summed E-state index contributed by atoms with van der Waals surface area (Å²) in [6.45, 7) is 0.0600. The Kier molecular flexibility index (Phi) is 4.80. The average Bonchev–Trinajstić information content (AvgIpc) is 3.11. The topological polar surface area (TPSA) is 70.1 Å². The number of nitrogens with zero attached hydrogens (tertiary/aromatic N) is 2. The second-order valence-electron chi connectivity index (χ2n) is 6.56. The Morgan fingerprint density at radius 3 is 2.62 bits per heavy atom. The van der Waals surface area contributed by atoms with E-state index in [1.54, 1.807) is 0 Å². The van der Waals surface area contributed by atoms with Crippen LogP contribution in [0.2, 0.25) is 0 Å². The van der Waals surface area contributed by atoms with Crippen LogP contribution in [0.1, 0.15) is 23.5 Å². The largest absolute Gasteiger partial charge is 0.394 e. The van der Waals surface area contributed by atoms with Crippen molar-refractivity contribution in [1.82, 2.24) is 9.97 Å². The minimum Gasteiger partial charge on any atom is -0.394 e. The third-order valence-corrected chi connectivity index (χ3v) is 4.91. The maximum Gasteiger partial charge on any atom is 0.135 e. The van der Waals surface area contributed by atoms with E-state index >= 15 is 0 Å². The molecule has 0 saturated carbocycles. The SMILES string of the molecule is OCC(Nc1cc(Nc2ccccc2)ncn1)C1CCc2ccccc21. The molecule has 4 rings (SSSR count). The molecule has 26 heavy (non-hydrogen) atoms. The second kappa shape index (κ2) is 7.54. The number of anilines is 3. The Morgan fingerprint density at radius 2 is 1.77 bits per heavy atom. The van der Waals surface area contributed by atoms with Gasteiger partial charge in [-0.1, -0.05) is 42.5 Å². The van der Waals surface area contributed by atoms with E-state index in [0.717, 1.165) is 24.3 Å². The number of fused-ring (bicyclic) bond motifs is 1. The summed E-state index contributed by atoms with van der Waals surface area (Å²) >= 11 is 0. The summed E-state index contributed by atoms with van der Waals surface area (Å²) in [5, 5.41) is 16.6. The molecule has 2 unspecified atom stereocenters. The quantitative estimate of drug-likeness (QED) is 0.634. The van der Waals surface area contributed by atoms with Crippen LogP contribution in [0.25, 0.3) is 0 Å². The molecule has 2 aromatic carbocycles. The summed E-state index contributed by atoms with van der Waals surface area (Å²) in [4.78, 5) is 8.60. The van der Waals surface area contributed by atoms with E-state index in [-0.39, 0.29) is 18.6 Å². The lowest BCUT2D eigenvalue weighted by atomic mass is 9.93. The number of aromatic nitrogens is 2. The molecule has 2 atom stereocenters. The van der Waals surface area contributed by atoms with Crippen LogP contribution in [0.5, 0.6) is 0 Å². The second-order valence-corrected chi connectivity index (χ2v) is 6.56. The number of nitrogens with one attached hydrogen (secondary N) is 2. The highest BCUT2D eigenvalue weighted by Crippen LogP contribution is 2.36. The van der Waals surface area contributed by atoms with Gasteiger partial charge in [0.05, 0.1) is 12.6 Å². The first-order chi connectivity index (χ1) is 12.8. The first-order valence-corrected chi connectivity index (χ1v) is 8.93. The molecule has 1 heterocycles. The molecule has 132 valence electrons. The van der Waals surface area contributed by atoms with Gasteiger partial charge in [0.1, 0.15) is 18.0 Å². The predicted octanol–water partition coefficient (Wildman–Crippen LogP) is 3.72. The Hall–Kier alpha value is -2.92. The summed E-state index contributed by atoms with van der Waals surface area (Å²) in [5.74, 6) is 1.72. The maximum atomic E-state index is 9.96. The van der Waals surface area contributed by atoms with Crippen LogP contribution in [-0.4, -0.2) is 27.7 Å². The van der Waals surface area contributed by atoms with Crippen molar-refractivity contribution in [3.8, 4) is 0 Å². The van der Waals surface area contributed by atoms with E-state index in [1.807, 2.05) is 36.4 Å². The molecular weight excluding hydrogens is 324 g/mol. The van der Waals surface area contributed by atoms with Gasteiger partial charge in [0.15, 0.2) is 0 Å². The number of para-hydroxylation sites is 1. The molecule has 3 aromatic rings. The molecule has 1 aliphatic carbocycles. The van der Waals surface area contributed by atoms with Gasteiger partial charge in [-0.3, -0.25) is 0 Å². The summed E-state index contributed by atoms with van der Waals surface area (Å²) in [6, 6.07) is 20.2. The number of hydrogen-bond acceptors (Lipinski definition) is 5. The zero-order valence-corrected chi connectivity index (χ0v) is 14.5. The van der Waals surface area contributed by atoms with Crippen molar-refractivity contribution >= 4 is 17.3 Å². The van der Waals surface area contributed by atoms with Gasteiger partial charge in [-0.05, 0) is 36.1 Å². The van der Waals surface area contributed by atoms with Gasteiger partial charge in [0.25, 0.3) is 0 Å². The first-order valence-electron chi connectivity index (χ1n) is 8.93. The molecule has 5 heteroatoms. The molecular formula is C21H22N4O. The number of rotatable bonds is 6. The molecule has 0 saturated heterocycles. The third-order valence-electron chi connectivity index (χ3n) is 4.91. The smallest absolute Gasteiger partial charge is 0.135 e. The van der Waals surface area contributed by atoms with Crippen LogP contribution in [-0.2, 0) is 6.42 Å². The van der Waals surface area contributed by atoms with E-state index in [9.17, 15) is 5.11 Å². The van der Waals surface area contributed by atoms with Crippen LogP contribution in [0, 0.1) is 0 Å². The van der Waals surface area contributed by atoms with Crippen LogP contribution in [0.3, 0.4) is 0 Å². The molecule has 0 radical (unpaired) electrons. The third kappa shape index (κ3) is 3.53. The standard InChI is InChI=1S/C21H22N4O/c26-13-19(18-11-10-15-6-4-5-9-17(15)18)25-21-12-20(22-14-23-21)24-16-7-2-1-3-8-16/h1-9,12,14,18-19,26H,10-11,13H2,(H2,22,23,24,25). The molecule has 0 spiro atoms. The minimum atomic E-state index is -0.0712. The summed E-state index contributed by atoms with van der Waals surface area (Å²) in [7, 11) is 0. The van der Waals surface area contributed by atoms with Crippen molar-refractivity contribution in [2.75, 3.05) is 17.2 Å². The summed E-state index contributed by atoms with van der Waals surface area (Å²) in [5.41, 5.74) is 3.68. The molecule has 0 bridgehead atoms. The van der Waals surface area contributed by atoms with E-state index in [4.69, 9.17) is 0 Å². The van der Waals surface area contributed by atoms with Gasteiger partial charge < -0.3 is 15.7 Å². The average molecular weight is 346 g/mol. The fourth-order valence-electron chi connectivity index (χ4n) is 3.65. The maximum absolute atomic E-state index is 9.96. The Bertz CT molecular complexity index is 869. The zero-order chi connectivity index (χ0) is 17.8. The molecule has 1 aromatic heterocycles. The molecule has 1 aliphatic rings. The lowest BCUT2D eigenvalue weighted by molar-refractivity contribution is 0.257. The van der Waals surface area contributed by atoms with Crippen molar-refractivity contribution in [2.24, 2.45) is 0 Å². The predicted molar refractivity (Wildman–Crippen MR) is 104 cm³/mol. The van der Waals surface area contributed by atoms with Crippen molar-refractivity contribution in [2.45, 2.75) is 24.8 Å². The first kappa shape index (κ1) is 16.5. The zero-order valence-electron chi connectivity index (χ0n) is 14.5. The van der Waals surface area contributed by atoms with Crippen LogP contribution in [0.4, 0.5) is 17.3 Å².